The molecule has 0 aliphatic carbocycles. The van der Waals surface area contributed by atoms with Crippen LogP contribution < -0.4 is 20.1 Å². The van der Waals surface area contributed by atoms with Gasteiger partial charge in [-0.2, -0.15) is 0 Å². The Balaban J connectivity index is 1.77. The Labute approximate surface area is 189 Å². The van der Waals surface area contributed by atoms with Gasteiger partial charge in [-0.25, -0.2) is 0 Å². The second-order valence-corrected chi connectivity index (χ2v) is 7.84. The number of hydrogen-bond acceptors (Lipinski definition) is 5. The van der Waals surface area contributed by atoms with E-state index in [1.165, 1.54) is 5.57 Å². The molecule has 7 heteroatoms. The maximum atomic E-state index is 12.4. The van der Waals surface area contributed by atoms with Crippen LogP contribution in [0.1, 0.15) is 47.3 Å². The summed E-state index contributed by atoms with van der Waals surface area (Å²) in [5.74, 6) is 1.17. The van der Waals surface area contributed by atoms with E-state index in [2.05, 4.69) is 17.6 Å². The van der Waals surface area contributed by atoms with E-state index < -0.39 is 0 Å². The molecular formula is C25H31N3O4. The maximum Gasteiger partial charge on any atom is 0.254 e. The summed E-state index contributed by atoms with van der Waals surface area (Å²) in [7, 11) is 4.81. The Bertz CT molecular complexity index is 985. The van der Waals surface area contributed by atoms with Crippen LogP contribution in [0.25, 0.3) is 0 Å². The van der Waals surface area contributed by atoms with Crippen molar-refractivity contribution in [2.24, 2.45) is 0 Å². The molecule has 0 radical (unpaired) electrons. The Morgan fingerprint density at radius 1 is 1.19 bits per heavy atom. The lowest BCUT2D eigenvalue weighted by Gasteiger charge is -2.35. The number of allylic oxidation sites excluding steroid dienone is 1. The van der Waals surface area contributed by atoms with Gasteiger partial charge in [-0.05, 0) is 79.9 Å². The van der Waals surface area contributed by atoms with Gasteiger partial charge < -0.3 is 25.0 Å². The maximum absolute atomic E-state index is 12.4. The van der Waals surface area contributed by atoms with E-state index >= 15 is 0 Å². The molecule has 0 saturated carbocycles. The zero-order chi connectivity index (χ0) is 23.1. The van der Waals surface area contributed by atoms with Crippen LogP contribution in [-0.4, -0.2) is 45.0 Å². The average Bonchev–Trinajstić information content (AvgIpc) is 2.84. The molecule has 3 rings (SSSR count). The lowest BCUT2D eigenvalue weighted by molar-refractivity contribution is -0.120. The minimum atomic E-state index is -0.202. The minimum absolute atomic E-state index is 0.0881. The molecule has 2 amide bonds. The quantitative estimate of drug-likeness (QED) is 0.582. The molecular weight excluding hydrogens is 406 g/mol. The number of nitrogens with zero attached hydrogens (tertiary/aromatic N) is 1. The van der Waals surface area contributed by atoms with E-state index in [0.29, 0.717) is 17.9 Å². The van der Waals surface area contributed by atoms with Crippen molar-refractivity contribution >= 4 is 18.0 Å². The molecule has 0 bridgehead atoms. The average molecular weight is 438 g/mol. The van der Waals surface area contributed by atoms with Crippen LogP contribution in [0.2, 0.25) is 0 Å². The first-order valence-corrected chi connectivity index (χ1v) is 10.7. The van der Waals surface area contributed by atoms with Crippen molar-refractivity contribution in [3.05, 3.63) is 64.9 Å². The molecule has 1 unspecified atom stereocenters. The first-order valence-electron chi connectivity index (χ1n) is 10.7. The van der Waals surface area contributed by atoms with Gasteiger partial charge in [0.15, 0.2) is 0 Å². The minimum Gasteiger partial charge on any atom is -0.497 e. The van der Waals surface area contributed by atoms with Crippen LogP contribution in [0.4, 0.5) is 5.69 Å². The third kappa shape index (κ3) is 5.22. The molecule has 170 valence electrons. The largest absolute Gasteiger partial charge is 0.497 e. The number of hydrogen-bond donors (Lipinski definition) is 2. The van der Waals surface area contributed by atoms with Gasteiger partial charge in [0.1, 0.15) is 11.5 Å². The number of fused-ring (bicyclic) bond motifs is 1. The molecule has 7 nitrogen and oxygen atoms in total. The first-order chi connectivity index (χ1) is 15.5. The molecule has 0 aromatic heterocycles. The van der Waals surface area contributed by atoms with Crippen LogP contribution in [0.5, 0.6) is 11.5 Å². The molecule has 1 aliphatic rings. The Morgan fingerprint density at radius 3 is 2.56 bits per heavy atom. The zero-order valence-corrected chi connectivity index (χ0v) is 19.1. The fourth-order valence-electron chi connectivity index (χ4n) is 4.01. The van der Waals surface area contributed by atoms with Crippen molar-refractivity contribution in [2.45, 2.75) is 32.2 Å². The van der Waals surface area contributed by atoms with Gasteiger partial charge >= 0.3 is 0 Å². The second kappa shape index (κ2) is 10.7. The molecule has 0 fully saturated rings. The standard InChI is InChI=1S/C25H31N3O4/c1-17(15-27-19-6-8-20(31-3)9-7-19)5-10-23-21-14-22(25(30)26-2)24(32-4)13-18(21)11-12-28(23)16-29/h6-9,13-16,23,27H,5,10-12H2,1-4H3,(H,26,30)/b17-15+. The van der Waals surface area contributed by atoms with Crippen LogP contribution in [0.15, 0.2) is 48.2 Å². The number of methoxy groups -OCH3 is 2. The fraction of sp³-hybridized carbons (Fsp3) is 0.360. The highest BCUT2D eigenvalue weighted by Gasteiger charge is 2.28. The SMILES string of the molecule is CNC(=O)c1cc2c(cc1OC)CCN(C=O)C2CC/C(C)=C/Nc1ccc(OC)cc1. The van der Waals surface area contributed by atoms with Crippen molar-refractivity contribution in [1.82, 2.24) is 10.2 Å². The Morgan fingerprint density at radius 2 is 1.94 bits per heavy atom. The highest BCUT2D eigenvalue weighted by Crippen LogP contribution is 2.37. The van der Waals surface area contributed by atoms with Gasteiger partial charge in [-0.15, -0.1) is 0 Å². The van der Waals surface area contributed by atoms with Crippen molar-refractivity contribution in [3.63, 3.8) is 0 Å². The Kier molecular flexibility index (Phi) is 7.76. The normalized spacial score (nSPS) is 15.6. The summed E-state index contributed by atoms with van der Waals surface area (Å²) >= 11 is 0. The summed E-state index contributed by atoms with van der Waals surface area (Å²) in [6, 6.07) is 11.5. The molecule has 2 aromatic carbocycles. The molecule has 0 saturated heterocycles. The number of ether oxygens (including phenoxy) is 2. The van der Waals surface area contributed by atoms with E-state index in [-0.39, 0.29) is 11.9 Å². The highest BCUT2D eigenvalue weighted by molar-refractivity contribution is 5.97. The van der Waals surface area contributed by atoms with Crippen molar-refractivity contribution < 1.29 is 19.1 Å². The van der Waals surface area contributed by atoms with E-state index in [9.17, 15) is 9.59 Å². The molecule has 0 spiro atoms. The van der Waals surface area contributed by atoms with Crippen LogP contribution in [0, 0.1) is 0 Å². The molecule has 1 aliphatic heterocycles. The van der Waals surface area contributed by atoms with Gasteiger partial charge in [-0.1, -0.05) is 5.57 Å². The van der Waals surface area contributed by atoms with Crippen molar-refractivity contribution in [1.29, 1.82) is 0 Å². The number of carbonyl (C=O) groups excluding carboxylic acids is 2. The van der Waals surface area contributed by atoms with E-state index in [0.717, 1.165) is 48.2 Å². The Hall–Kier alpha value is -3.48. The summed E-state index contributed by atoms with van der Waals surface area (Å²) in [6.45, 7) is 2.71. The van der Waals surface area contributed by atoms with Gasteiger partial charge in [0, 0.05) is 19.3 Å². The van der Waals surface area contributed by atoms with E-state index in [1.54, 1.807) is 21.3 Å². The van der Waals surface area contributed by atoms with Crippen molar-refractivity contribution in [2.75, 3.05) is 33.1 Å². The topological polar surface area (TPSA) is 79.9 Å². The van der Waals surface area contributed by atoms with Gasteiger partial charge in [0.05, 0.1) is 25.8 Å². The third-order valence-electron chi connectivity index (χ3n) is 5.85. The molecule has 2 N–H and O–H groups in total. The van der Waals surface area contributed by atoms with Gasteiger partial charge in [-0.3, -0.25) is 9.59 Å². The monoisotopic (exact) mass is 437 g/mol. The summed E-state index contributed by atoms with van der Waals surface area (Å²) < 4.78 is 10.6. The van der Waals surface area contributed by atoms with Crippen LogP contribution in [0.3, 0.4) is 0 Å². The first kappa shape index (κ1) is 23.2. The highest BCUT2D eigenvalue weighted by atomic mass is 16.5. The summed E-state index contributed by atoms with van der Waals surface area (Å²) in [5, 5.41) is 5.97. The van der Waals surface area contributed by atoms with Crippen LogP contribution in [-0.2, 0) is 11.2 Å². The second-order valence-electron chi connectivity index (χ2n) is 7.84. The molecule has 1 atom stereocenters. The van der Waals surface area contributed by atoms with E-state index in [4.69, 9.17) is 9.47 Å². The fourth-order valence-corrected chi connectivity index (χ4v) is 4.01. The summed E-state index contributed by atoms with van der Waals surface area (Å²) in [5.41, 5.74) is 4.76. The summed E-state index contributed by atoms with van der Waals surface area (Å²) in [4.78, 5) is 26.0. The third-order valence-corrected chi connectivity index (χ3v) is 5.85. The number of amides is 2. The van der Waals surface area contributed by atoms with Crippen LogP contribution >= 0.6 is 0 Å². The molecule has 32 heavy (non-hydrogen) atoms. The zero-order valence-electron chi connectivity index (χ0n) is 19.1. The molecule has 1 heterocycles. The molecule has 2 aromatic rings. The smallest absolute Gasteiger partial charge is 0.254 e. The number of rotatable bonds is 9. The van der Waals surface area contributed by atoms with Gasteiger partial charge in [0.25, 0.3) is 5.91 Å². The van der Waals surface area contributed by atoms with Gasteiger partial charge in [0.2, 0.25) is 6.41 Å². The number of anilines is 1. The number of benzene rings is 2. The predicted molar refractivity (Wildman–Crippen MR) is 125 cm³/mol. The lowest BCUT2D eigenvalue weighted by atomic mass is 9.87. The summed E-state index contributed by atoms with van der Waals surface area (Å²) in [6.07, 6.45) is 5.20. The lowest BCUT2D eigenvalue weighted by Crippen LogP contribution is -2.35. The number of carbonyl (C=O) groups is 2. The predicted octanol–water partition coefficient (Wildman–Crippen LogP) is 3.92. The number of nitrogens with one attached hydrogen (secondary N) is 2. The van der Waals surface area contributed by atoms with E-state index in [1.807, 2.05) is 47.5 Å². The van der Waals surface area contributed by atoms with Crippen molar-refractivity contribution in [3.8, 4) is 11.5 Å².